The summed E-state index contributed by atoms with van der Waals surface area (Å²) in [5, 5.41) is 18.7. The first-order chi connectivity index (χ1) is 9.87. The molecular formula is C15H26N2O4. The van der Waals surface area contributed by atoms with Gasteiger partial charge in [-0.05, 0) is 44.9 Å². The van der Waals surface area contributed by atoms with E-state index in [1.54, 1.807) is 0 Å². The summed E-state index contributed by atoms with van der Waals surface area (Å²) < 4.78 is 0. The van der Waals surface area contributed by atoms with Crippen LogP contribution in [0.2, 0.25) is 0 Å². The zero-order valence-corrected chi connectivity index (χ0v) is 12.8. The molecule has 0 saturated carbocycles. The third-order valence-corrected chi connectivity index (χ3v) is 4.67. The maximum Gasteiger partial charge on any atom is 0.320 e. The van der Waals surface area contributed by atoms with Gasteiger partial charge < -0.3 is 20.0 Å². The molecule has 2 N–H and O–H groups in total. The summed E-state index contributed by atoms with van der Waals surface area (Å²) in [5.74, 6) is -0.469. The molecule has 0 bridgehead atoms. The Labute approximate surface area is 125 Å². The van der Waals surface area contributed by atoms with Crippen LogP contribution in [0.15, 0.2) is 0 Å². The van der Waals surface area contributed by atoms with Crippen LogP contribution in [-0.2, 0) is 4.79 Å². The fraction of sp³-hybridized carbons (Fsp3) is 0.867. The van der Waals surface area contributed by atoms with Gasteiger partial charge in [0.2, 0.25) is 0 Å². The van der Waals surface area contributed by atoms with E-state index >= 15 is 0 Å². The van der Waals surface area contributed by atoms with Gasteiger partial charge in [0, 0.05) is 32.6 Å². The molecular weight excluding hydrogens is 272 g/mol. The Morgan fingerprint density at radius 3 is 2.48 bits per heavy atom. The van der Waals surface area contributed by atoms with E-state index in [9.17, 15) is 14.7 Å². The molecule has 2 aliphatic rings. The van der Waals surface area contributed by atoms with Gasteiger partial charge in [-0.15, -0.1) is 0 Å². The van der Waals surface area contributed by atoms with E-state index in [0.29, 0.717) is 44.8 Å². The molecule has 2 fully saturated rings. The molecule has 0 aromatic heterocycles. The van der Waals surface area contributed by atoms with E-state index in [-0.39, 0.29) is 12.5 Å². The molecule has 120 valence electrons. The third kappa shape index (κ3) is 4.59. The van der Waals surface area contributed by atoms with Gasteiger partial charge in [0.25, 0.3) is 0 Å². The number of aliphatic carboxylic acids is 1. The Bertz CT molecular complexity index is 387. The quantitative estimate of drug-likeness (QED) is 0.828. The number of hydrogen-bond acceptors (Lipinski definition) is 3. The van der Waals surface area contributed by atoms with Crippen LogP contribution in [0.5, 0.6) is 0 Å². The Hall–Kier alpha value is -1.30. The van der Waals surface area contributed by atoms with Crippen molar-refractivity contribution in [3.8, 4) is 0 Å². The smallest absolute Gasteiger partial charge is 0.320 e. The molecule has 2 rings (SSSR count). The maximum atomic E-state index is 12.5. The van der Waals surface area contributed by atoms with Crippen LogP contribution in [0.4, 0.5) is 4.79 Å². The predicted octanol–water partition coefficient (Wildman–Crippen LogP) is 1.53. The highest BCUT2D eigenvalue weighted by molar-refractivity contribution is 5.74. The van der Waals surface area contributed by atoms with Crippen LogP contribution >= 0.6 is 0 Å². The van der Waals surface area contributed by atoms with Crippen molar-refractivity contribution in [3.63, 3.8) is 0 Å². The minimum atomic E-state index is -0.767. The number of rotatable bonds is 3. The van der Waals surface area contributed by atoms with Crippen LogP contribution < -0.4 is 0 Å². The second-order valence-corrected chi connectivity index (χ2v) is 6.65. The van der Waals surface area contributed by atoms with Gasteiger partial charge in [0.15, 0.2) is 0 Å². The van der Waals surface area contributed by atoms with Crippen molar-refractivity contribution in [1.82, 2.24) is 9.80 Å². The van der Waals surface area contributed by atoms with Crippen LogP contribution in [0.1, 0.15) is 45.4 Å². The van der Waals surface area contributed by atoms with Crippen LogP contribution in [0.3, 0.4) is 0 Å². The van der Waals surface area contributed by atoms with E-state index in [4.69, 9.17) is 5.11 Å². The van der Waals surface area contributed by atoms with E-state index in [0.717, 1.165) is 19.4 Å². The summed E-state index contributed by atoms with van der Waals surface area (Å²) in [6.45, 7) is 4.44. The van der Waals surface area contributed by atoms with Gasteiger partial charge in [-0.25, -0.2) is 4.79 Å². The number of amides is 2. The fourth-order valence-electron chi connectivity index (χ4n) is 3.18. The Morgan fingerprint density at radius 2 is 1.86 bits per heavy atom. The second kappa shape index (κ2) is 6.64. The molecule has 0 aliphatic carbocycles. The molecule has 0 aromatic carbocycles. The lowest BCUT2D eigenvalue weighted by molar-refractivity contribution is -0.137. The zero-order valence-electron chi connectivity index (χ0n) is 12.8. The summed E-state index contributed by atoms with van der Waals surface area (Å²) >= 11 is 0. The Balaban J connectivity index is 1.83. The number of aliphatic hydroxyl groups is 1. The monoisotopic (exact) mass is 298 g/mol. The fourth-order valence-corrected chi connectivity index (χ4v) is 3.18. The number of piperidine rings is 2. The Morgan fingerprint density at radius 1 is 1.19 bits per heavy atom. The van der Waals surface area contributed by atoms with E-state index in [2.05, 4.69) is 0 Å². The average molecular weight is 298 g/mol. The molecule has 6 nitrogen and oxygen atoms in total. The summed E-state index contributed by atoms with van der Waals surface area (Å²) in [6.07, 6.45) is 4.02. The topological polar surface area (TPSA) is 81.1 Å². The molecule has 2 aliphatic heterocycles. The largest absolute Gasteiger partial charge is 0.481 e. The van der Waals surface area contributed by atoms with Gasteiger partial charge >= 0.3 is 12.0 Å². The molecule has 2 amide bonds. The normalized spacial score (nSPS) is 25.7. The van der Waals surface area contributed by atoms with Crippen molar-refractivity contribution < 1.29 is 19.8 Å². The number of likely N-dealkylation sites (tertiary alicyclic amines) is 2. The van der Waals surface area contributed by atoms with E-state index in [1.807, 2.05) is 16.7 Å². The number of carboxylic acids is 1. The summed E-state index contributed by atoms with van der Waals surface area (Å²) in [7, 11) is 0. The number of hydrogen-bond donors (Lipinski definition) is 2. The first-order valence-electron chi connectivity index (χ1n) is 7.85. The molecule has 0 aromatic rings. The molecule has 6 heteroatoms. The first-order valence-corrected chi connectivity index (χ1v) is 7.85. The summed E-state index contributed by atoms with van der Waals surface area (Å²) in [6, 6.07) is 0.0468. The average Bonchev–Trinajstić information content (AvgIpc) is 2.45. The van der Waals surface area contributed by atoms with Crippen LogP contribution in [0.25, 0.3) is 0 Å². The lowest BCUT2D eigenvalue weighted by Gasteiger charge is -2.40. The Kier molecular flexibility index (Phi) is 5.08. The SMILES string of the molecule is CC1(O)CCN(C(=O)N2CCCC(CCC(=O)O)C2)CC1. The number of carbonyl (C=O) groups excluding carboxylic acids is 1. The molecule has 1 unspecified atom stereocenters. The second-order valence-electron chi connectivity index (χ2n) is 6.65. The number of carboxylic acid groups (broad SMARTS) is 1. The third-order valence-electron chi connectivity index (χ3n) is 4.67. The predicted molar refractivity (Wildman–Crippen MR) is 78.0 cm³/mol. The molecule has 21 heavy (non-hydrogen) atoms. The van der Waals surface area contributed by atoms with Crippen LogP contribution in [0, 0.1) is 5.92 Å². The number of urea groups is 1. The van der Waals surface area contributed by atoms with Crippen molar-refractivity contribution in [3.05, 3.63) is 0 Å². The number of nitrogens with zero attached hydrogens (tertiary/aromatic N) is 2. The molecule has 0 spiro atoms. The zero-order chi connectivity index (χ0) is 15.5. The summed E-state index contributed by atoms with van der Waals surface area (Å²) in [5.41, 5.74) is -0.650. The van der Waals surface area contributed by atoms with Crippen molar-refractivity contribution in [1.29, 1.82) is 0 Å². The number of carbonyl (C=O) groups is 2. The van der Waals surface area contributed by atoms with E-state index in [1.165, 1.54) is 0 Å². The van der Waals surface area contributed by atoms with Crippen LogP contribution in [-0.4, -0.2) is 63.8 Å². The highest BCUT2D eigenvalue weighted by Gasteiger charge is 2.33. The highest BCUT2D eigenvalue weighted by atomic mass is 16.4. The van der Waals surface area contributed by atoms with Crippen molar-refractivity contribution in [2.24, 2.45) is 5.92 Å². The van der Waals surface area contributed by atoms with Gasteiger partial charge in [0.1, 0.15) is 0 Å². The van der Waals surface area contributed by atoms with Gasteiger partial charge in [-0.1, -0.05) is 0 Å². The summed E-state index contributed by atoms with van der Waals surface area (Å²) in [4.78, 5) is 26.8. The lowest BCUT2D eigenvalue weighted by Crippen LogP contribution is -2.52. The minimum absolute atomic E-state index is 0.0468. The maximum absolute atomic E-state index is 12.5. The van der Waals surface area contributed by atoms with Gasteiger partial charge in [-0.2, -0.15) is 0 Å². The van der Waals surface area contributed by atoms with Gasteiger partial charge in [-0.3, -0.25) is 4.79 Å². The van der Waals surface area contributed by atoms with Gasteiger partial charge in [0.05, 0.1) is 5.60 Å². The first kappa shape index (κ1) is 16.1. The standard InChI is InChI=1S/C15H26N2O4/c1-15(21)6-9-16(10-7-15)14(20)17-8-2-3-12(11-17)4-5-13(18)19/h12,21H,2-11H2,1H3,(H,18,19). The van der Waals surface area contributed by atoms with Crippen molar-refractivity contribution in [2.75, 3.05) is 26.2 Å². The minimum Gasteiger partial charge on any atom is -0.481 e. The molecule has 0 radical (unpaired) electrons. The van der Waals surface area contributed by atoms with Crippen molar-refractivity contribution in [2.45, 2.75) is 51.0 Å². The molecule has 1 atom stereocenters. The lowest BCUT2D eigenvalue weighted by atomic mass is 9.92. The highest BCUT2D eigenvalue weighted by Crippen LogP contribution is 2.25. The van der Waals surface area contributed by atoms with E-state index < -0.39 is 11.6 Å². The van der Waals surface area contributed by atoms with Crippen molar-refractivity contribution >= 4 is 12.0 Å². The molecule has 2 heterocycles. The molecule has 2 saturated heterocycles.